The summed E-state index contributed by atoms with van der Waals surface area (Å²) in [6, 6.07) is 8.11. The smallest absolute Gasteiger partial charge is 0.0572 e. The predicted molar refractivity (Wildman–Crippen MR) is 77.8 cm³/mol. The molecule has 0 fully saturated rings. The maximum absolute atomic E-state index is 5.96. The van der Waals surface area contributed by atoms with Gasteiger partial charge in [0.1, 0.15) is 0 Å². The van der Waals surface area contributed by atoms with Crippen molar-refractivity contribution in [2.24, 2.45) is 5.73 Å². The van der Waals surface area contributed by atoms with Crippen LogP contribution >= 0.6 is 0 Å². The van der Waals surface area contributed by atoms with E-state index in [2.05, 4.69) is 33.9 Å². The van der Waals surface area contributed by atoms with E-state index in [1.807, 2.05) is 31.6 Å². The Morgan fingerprint density at radius 3 is 2.68 bits per heavy atom. The lowest BCUT2D eigenvalue weighted by Gasteiger charge is -2.19. The second-order valence-corrected chi connectivity index (χ2v) is 4.67. The third-order valence-corrected chi connectivity index (χ3v) is 3.17. The first kappa shape index (κ1) is 13.5. The fourth-order valence-corrected chi connectivity index (χ4v) is 1.91. The van der Waals surface area contributed by atoms with Gasteiger partial charge >= 0.3 is 0 Å². The molecule has 2 rings (SSSR count). The highest BCUT2D eigenvalue weighted by Crippen LogP contribution is 2.17. The van der Waals surface area contributed by atoms with E-state index in [9.17, 15) is 0 Å². The Hall–Kier alpha value is -1.94. The van der Waals surface area contributed by atoms with Gasteiger partial charge in [-0.15, -0.1) is 0 Å². The van der Waals surface area contributed by atoms with Crippen molar-refractivity contribution >= 4 is 5.69 Å². The highest BCUT2D eigenvalue weighted by molar-refractivity contribution is 5.44. The summed E-state index contributed by atoms with van der Waals surface area (Å²) in [5.41, 5.74) is 9.16. The number of pyridine rings is 2. The van der Waals surface area contributed by atoms with Crippen molar-refractivity contribution in [2.45, 2.75) is 25.9 Å². The van der Waals surface area contributed by atoms with Crippen LogP contribution in [0.5, 0.6) is 0 Å². The highest BCUT2D eigenvalue weighted by Gasteiger charge is 2.06. The number of rotatable bonds is 5. The molecule has 4 heteroatoms. The molecule has 100 valence electrons. The van der Waals surface area contributed by atoms with Crippen LogP contribution in [0.4, 0.5) is 5.69 Å². The molecule has 0 radical (unpaired) electrons. The summed E-state index contributed by atoms with van der Waals surface area (Å²) in [6.07, 6.45) is 6.44. The van der Waals surface area contributed by atoms with Crippen LogP contribution in [0.3, 0.4) is 0 Å². The molecule has 0 spiro atoms. The van der Waals surface area contributed by atoms with E-state index in [-0.39, 0.29) is 6.04 Å². The van der Waals surface area contributed by atoms with Gasteiger partial charge in [0, 0.05) is 32.0 Å². The Morgan fingerprint density at radius 2 is 2.11 bits per heavy atom. The lowest BCUT2D eigenvalue weighted by atomic mass is 10.1. The topological polar surface area (TPSA) is 55.0 Å². The molecule has 0 aliphatic heterocycles. The Morgan fingerprint density at radius 1 is 1.26 bits per heavy atom. The summed E-state index contributed by atoms with van der Waals surface area (Å²) in [7, 11) is 2.05. The zero-order chi connectivity index (χ0) is 13.7. The molecular weight excluding hydrogens is 236 g/mol. The standard InChI is InChI=1S/C15H20N4/c1-3-14(16)15-7-6-13(10-18-15)19(2)11-12-5-4-8-17-9-12/h4-10,14H,3,11,16H2,1-2H3. The van der Waals surface area contributed by atoms with Crippen LogP contribution in [-0.4, -0.2) is 17.0 Å². The van der Waals surface area contributed by atoms with E-state index in [0.717, 1.165) is 24.3 Å². The number of aromatic nitrogens is 2. The molecular formula is C15H20N4. The molecule has 0 aliphatic carbocycles. The van der Waals surface area contributed by atoms with E-state index < -0.39 is 0 Å². The minimum absolute atomic E-state index is 0.0256. The molecule has 0 saturated carbocycles. The quantitative estimate of drug-likeness (QED) is 0.893. The van der Waals surface area contributed by atoms with E-state index in [4.69, 9.17) is 5.73 Å². The maximum atomic E-state index is 5.96. The Bertz CT molecular complexity index is 495. The minimum atomic E-state index is 0.0256. The van der Waals surface area contributed by atoms with Gasteiger partial charge in [0.25, 0.3) is 0 Å². The molecule has 1 atom stereocenters. The summed E-state index contributed by atoms with van der Waals surface area (Å²) in [5.74, 6) is 0. The highest BCUT2D eigenvalue weighted by atomic mass is 15.1. The molecule has 2 aromatic rings. The van der Waals surface area contributed by atoms with Gasteiger partial charge in [-0.1, -0.05) is 13.0 Å². The van der Waals surface area contributed by atoms with Crippen molar-refractivity contribution in [2.75, 3.05) is 11.9 Å². The SMILES string of the molecule is CCC(N)c1ccc(N(C)Cc2cccnc2)cn1. The monoisotopic (exact) mass is 256 g/mol. The van der Waals surface area contributed by atoms with Crippen molar-refractivity contribution < 1.29 is 0 Å². The first-order valence-corrected chi connectivity index (χ1v) is 6.52. The third kappa shape index (κ3) is 3.51. The van der Waals surface area contributed by atoms with Crippen LogP contribution in [0.15, 0.2) is 42.9 Å². The fraction of sp³-hybridized carbons (Fsp3) is 0.333. The van der Waals surface area contributed by atoms with E-state index >= 15 is 0 Å². The van der Waals surface area contributed by atoms with Gasteiger partial charge in [0.2, 0.25) is 0 Å². The number of nitrogens with two attached hydrogens (primary N) is 1. The fourth-order valence-electron chi connectivity index (χ4n) is 1.91. The minimum Gasteiger partial charge on any atom is -0.369 e. The molecule has 0 bridgehead atoms. The van der Waals surface area contributed by atoms with E-state index in [1.165, 1.54) is 5.56 Å². The first-order chi connectivity index (χ1) is 9.20. The number of hydrogen-bond acceptors (Lipinski definition) is 4. The normalized spacial score (nSPS) is 12.2. The first-order valence-electron chi connectivity index (χ1n) is 6.52. The van der Waals surface area contributed by atoms with Crippen molar-refractivity contribution in [3.05, 3.63) is 54.1 Å². The van der Waals surface area contributed by atoms with E-state index in [0.29, 0.717) is 0 Å². The van der Waals surface area contributed by atoms with Gasteiger partial charge in [-0.05, 0) is 30.2 Å². The molecule has 2 heterocycles. The van der Waals surface area contributed by atoms with Crippen molar-refractivity contribution in [1.29, 1.82) is 0 Å². The lowest BCUT2D eigenvalue weighted by molar-refractivity contribution is 0.675. The molecule has 19 heavy (non-hydrogen) atoms. The van der Waals surface area contributed by atoms with Gasteiger partial charge in [0.15, 0.2) is 0 Å². The summed E-state index contributed by atoms with van der Waals surface area (Å²) in [6.45, 7) is 2.88. The number of anilines is 1. The summed E-state index contributed by atoms with van der Waals surface area (Å²) in [4.78, 5) is 10.7. The largest absolute Gasteiger partial charge is 0.369 e. The molecule has 0 aliphatic rings. The summed E-state index contributed by atoms with van der Waals surface area (Å²) in [5, 5.41) is 0. The van der Waals surface area contributed by atoms with Gasteiger partial charge < -0.3 is 10.6 Å². The summed E-state index contributed by atoms with van der Waals surface area (Å²) >= 11 is 0. The Kier molecular flexibility index (Phi) is 4.47. The molecule has 2 N–H and O–H groups in total. The van der Waals surface area contributed by atoms with Crippen LogP contribution < -0.4 is 10.6 Å². The molecule has 4 nitrogen and oxygen atoms in total. The average Bonchev–Trinajstić information content (AvgIpc) is 2.47. The zero-order valence-electron chi connectivity index (χ0n) is 11.5. The predicted octanol–water partition coefficient (Wildman–Crippen LogP) is 2.52. The second kappa shape index (κ2) is 6.29. The van der Waals surface area contributed by atoms with Crippen LogP contribution in [-0.2, 0) is 6.54 Å². The number of nitrogens with zero attached hydrogens (tertiary/aromatic N) is 3. The lowest BCUT2D eigenvalue weighted by Crippen LogP contribution is -2.17. The van der Waals surface area contributed by atoms with Gasteiger partial charge in [0.05, 0.1) is 17.6 Å². The molecule has 1 unspecified atom stereocenters. The third-order valence-electron chi connectivity index (χ3n) is 3.17. The van der Waals surface area contributed by atoms with E-state index in [1.54, 1.807) is 6.20 Å². The summed E-state index contributed by atoms with van der Waals surface area (Å²) < 4.78 is 0. The van der Waals surface area contributed by atoms with Crippen LogP contribution in [0.2, 0.25) is 0 Å². The number of hydrogen-bond donors (Lipinski definition) is 1. The molecule has 2 aromatic heterocycles. The van der Waals surface area contributed by atoms with Crippen molar-refractivity contribution in [3.63, 3.8) is 0 Å². The van der Waals surface area contributed by atoms with Crippen LogP contribution in [0.1, 0.15) is 30.6 Å². The van der Waals surface area contributed by atoms with Crippen molar-refractivity contribution in [3.8, 4) is 0 Å². The molecule has 0 amide bonds. The Labute approximate surface area is 114 Å². The van der Waals surface area contributed by atoms with Crippen molar-refractivity contribution in [1.82, 2.24) is 9.97 Å². The van der Waals surface area contributed by atoms with Crippen LogP contribution in [0, 0.1) is 0 Å². The van der Waals surface area contributed by atoms with Gasteiger partial charge in [-0.2, -0.15) is 0 Å². The average molecular weight is 256 g/mol. The zero-order valence-corrected chi connectivity index (χ0v) is 11.5. The molecule has 0 aromatic carbocycles. The maximum Gasteiger partial charge on any atom is 0.0572 e. The Balaban J connectivity index is 2.05. The van der Waals surface area contributed by atoms with Gasteiger partial charge in [-0.3, -0.25) is 9.97 Å². The molecule has 0 saturated heterocycles. The van der Waals surface area contributed by atoms with Crippen LogP contribution in [0.25, 0.3) is 0 Å². The van der Waals surface area contributed by atoms with Gasteiger partial charge in [-0.25, -0.2) is 0 Å². The second-order valence-electron chi connectivity index (χ2n) is 4.67.